The lowest BCUT2D eigenvalue weighted by Crippen LogP contribution is -2.49. The highest BCUT2D eigenvalue weighted by Gasteiger charge is 2.23. The van der Waals surface area contributed by atoms with E-state index in [9.17, 15) is 4.79 Å². The lowest BCUT2D eigenvalue weighted by Gasteiger charge is -2.36. The highest BCUT2D eigenvalue weighted by molar-refractivity contribution is 7.13. The highest BCUT2D eigenvalue weighted by atomic mass is 35.5. The van der Waals surface area contributed by atoms with Gasteiger partial charge in [-0.3, -0.25) is 4.79 Å². The van der Waals surface area contributed by atoms with Crippen LogP contribution in [0.15, 0.2) is 47.8 Å². The molecule has 6 nitrogen and oxygen atoms in total. The van der Waals surface area contributed by atoms with Crippen LogP contribution in [0.2, 0.25) is 5.02 Å². The summed E-state index contributed by atoms with van der Waals surface area (Å²) >= 11 is 7.83. The quantitative estimate of drug-likeness (QED) is 0.550. The van der Waals surface area contributed by atoms with Gasteiger partial charge in [-0.25, -0.2) is 4.98 Å². The fourth-order valence-electron chi connectivity index (χ4n) is 3.66. The molecule has 8 heteroatoms. The van der Waals surface area contributed by atoms with Gasteiger partial charge in [0.05, 0.1) is 37.0 Å². The molecule has 0 N–H and O–H groups in total. The number of carbonyl (C=O) groups excluding carboxylic acids is 1. The van der Waals surface area contributed by atoms with Crippen LogP contribution in [0.25, 0.3) is 10.6 Å². The molecule has 0 saturated carbocycles. The van der Waals surface area contributed by atoms with Crippen LogP contribution >= 0.6 is 22.9 Å². The Morgan fingerprint density at radius 3 is 2.52 bits per heavy atom. The molecule has 1 saturated heterocycles. The van der Waals surface area contributed by atoms with Crippen LogP contribution in [0, 0.1) is 0 Å². The highest BCUT2D eigenvalue weighted by Crippen LogP contribution is 2.33. The van der Waals surface area contributed by atoms with Gasteiger partial charge in [0.2, 0.25) is 5.91 Å². The van der Waals surface area contributed by atoms with Gasteiger partial charge in [-0.1, -0.05) is 23.7 Å². The van der Waals surface area contributed by atoms with Crippen molar-refractivity contribution in [3.8, 4) is 22.1 Å². The number of thiazole rings is 1. The Morgan fingerprint density at radius 1 is 1.06 bits per heavy atom. The smallest absolute Gasteiger partial charge is 0.228 e. The van der Waals surface area contributed by atoms with Crippen molar-refractivity contribution in [2.24, 2.45) is 0 Å². The minimum atomic E-state index is 0.1000. The molecule has 0 aliphatic carbocycles. The average molecular weight is 458 g/mol. The summed E-state index contributed by atoms with van der Waals surface area (Å²) < 4.78 is 10.7. The number of piperazine rings is 1. The molecule has 0 atom stereocenters. The summed E-state index contributed by atoms with van der Waals surface area (Å²) in [4.78, 5) is 21.6. The van der Waals surface area contributed by atoms with E-state index in [1.807, 2.05) is 52.7 Å². The fraction of sp³-hybridized carbons (Fsp3) is 0.304. The van der Waals surface area contributed by atoms with Gasteiger partial charge in [0.15, 0.2) is 11.5 Å². The lowest BCUT2D eigenvalue weighted by atomic mass is 10.2. The van der Waals surface area contributed by atoms with Gasteiger partial charge in [-0.2, -0.15) is 0 Å². The number of amides is 1. The van der Waals surface area contributed by atoms with E-state index in [0.717, 1.165) is 40.1 Å². The first kappa shape index (κ1) is 21.5. The van der Waals surface area contributed by atoms with E-state index in [0.29, 0.717) is 31.0 Å². The maximum Gasteiger partial charge on any atom is 0.228 e. The van der Waals surface area contributed by atoms with Gasteiger partial charge >= 0.3 is 0 Å². The first-order valence-electron chi connectivity index (χ1n) is 10.0. The maximum absolute atomic E-state index is 12.8. The maximum atomic E-state index is 12.8. The molecule has 162 valence electrons. The number of ether oxygens (including phenoxy) is 2. The minimum absolute atomic E-state index is 0.1000. The molecule has 1 aliphatic rings. The predicted molar refractivity (Wildman–Crippen MR) is 125 cm³/mol. The Hall–Kier alpha value is -2.77. The number of hydrogen-bond acceptors (Lipinski definition) is 6. The SMILES string of the molecule is COc1ccc(-c2nc(CC(=O)N3CCN(c4ccccc4Cl)CC3)cs2)cc1OC. The molecule has 1 aliphatic heterocycles. The van der Waals surface area contributed by atoms with Crippen LogP contribution in [0.3, 0.4) is 0 Å². The first-order chi connectivity index (χ1) is 15.1. The van der Waals surface area contributed by atoms with Crippen molar-refractivity contribution in [3.63, 3.8) is 0 Å². The summed E-state index contributed by atoms with van der Waals surface area (Å²) in [5, 5.41) is 3.55. The third-order valence-electron chi connectivity index (χ3n) is 5.34. The van der Waals surface area contributed by atoms with Crippen LogP contribution in [0.4, 0.5) is 5.69 Å². The van der Waals surface area contributed by atoms with Crippen molar-refractivity contribution in [2.45, 2.75) is 6.42 Å². The van der Waals surface area contributed by atoms with Crippen molar-refractivity contribution in [1.82, 2.24) is 9.88 Å². The summed E-state index contributed by atoms with van der Waals surface area (Å²) in [6.45, 7) is 2.89. The molecule has 1 aromatic heterocycles. The molecule has 2 aromatic carbocycles. The topological polar surface area (TPSA) is 54.9 Å². The van der Waals surface area contributed by atoms with Gasteiger partial charge in [0.25, 0.3) is 0 Å². The average Bonchev–Trinajstić information content (AvgIpc) is 3.27. The number of anilines is 1. The number of benzene rings is 2. The number of para-hydroxylation sites is 1. The summed E-state index contributed by atoms with van der Waals surface area (Å²) in [5.41, 5.74) is 2.75. The van der Waals surface area contributed by atoms with Crippen LogP contribution < -0.4 is 14.4 Å². The number of methoxy groups -OCH3 is 2. The number of nitrogens with zero attached hydrogens (tertiary/aromatic N) is 3. The third-order valence-corrected chi connectivity index (χ3v) is 6.60. The molecule has 1 fully saturated rings. The predicted octanol–water partition coefficient (Wildman–Crippen LogP) is 4.37. The van der Waals surface area contributed by atoms with Gasteiger partial charge in [-0.15, -0.1) is 11.3 Å². The number of aromatic nitrogens is 1. The van der Waals surface area contributed by atoms with Crippen LogP contribution in [-0.4, -0.2) is 56.2 Å². The van der Waals surface area contributed by atoms with E-state index in [2.05, 4.69) is 9.88 Å². The van der Waals surface area contributed by atoms with Crippen molar-refractivity contribution >= 4 is 34.5 Å². The second kappa shape index (κ2) is 9.58. The molecule has 0 radical (unpaired) electrons. The van der Waals surface area contributed by atoms with Gasteiger partial charge in [0.1, 0.15) is 5.01 Å². The van der Waals surface area contributed by atoms with Crippen molar-refractivity contribution in [2.75, 3.05) is 45.3 Å². The molecular weight excluding hydrogens is 434 g/mol. The number of rotatable bonds is 6. The van der Waals surface area contributed by atoms with E-state index in [-0.39, 0.29) is 5.91 Å². The second-order valence-corrected chi connectivity index (χ2v) is 8.48. The molecule has 0 unspecified atom stereocenters. The van der Waals surface area contributed by atoms with Crippen molar-refractivity contribution < 1.29 is 14.3 Å². The zero-order valence-corrected chi connectivity index (χ0v) is 19.1. The zero-order valence-electron chi connectivity index (χ0n) is 17.5. The Balaban J connectivity index is 1.37. The molecule has 1 amide bonds. The summed E-state index contributed by atoms with van der Waals surface area (Å²) in [5.74, 6) is 1.43. The minimum Gasteiger partial charge on any atom is -0.493 e. The van der Waals surface area contributed by atoms with Crippen molar-refractivity contribution in [3.05, 3.63) is 58.6 Å². The monoisotopic (exact) mass is 457 g/mol. The second-order valence-electron chi connectivity index (χ2n) is 7.21. The lowest BCUT2D eigenvalue weighted by molar-refractivity contribution is -0.130. The first-order valence-corrected chi connectivity index (χ1v) is 11.3. The Kier molecular flexibility index (Phi) is 6.63. The van der Waals surface area contributed by atoms with Gasteiger partial charge < -0.3 is 19.3 Å². The van der Waals surface area contributed by atoms with Crippen LogP contribution in [-0.2, 0) is 11.2 Å². The molecule has 0 bridgehead atoms. The normalized spacial score (nSPS) is 13.9. The van der Waals surface area contributed by atoms with Crippen LogP contribution in [0.5, 0.6) is 11.5 Å². The Labute approximate surface area is 191 Å². The molecule has 31 heavy (non-hydrogen) atoms. The number of halogens is 1. The van der Waals surface area contributed by atoms with Crippen molar-refractivity contribution in [1.29, 1.82) is 0 Å². The Morgan fingerprint density at radius 2 is 1.81 bits per heavy atom. The number of hydrogen-bond donors (Lipinski definition) is 0. The molecule has 3 aromatic rings. The van der Waals surface area contributed by atoms with Gasteiger partial charge in [-0.05, 0) is 30.3 Å². The molecule has 0 spiro atoms. The van der Waals surface area contributed by atoms with Crippen LogP contribution in [0.1, 0.15) is 5.69 Å². The number of carbonyl (C=O) groups is 1. The summed E-state index contributed by atoms with van der Waals surface area (Å²) in [7, 11) is 3.22. The zero-order chi connectivity index (χ0) is 21.8. The van der Waals surface area contributed by atoms with E-state index < -0.39 is 0 Å². The molecule has 4 rings (SSSR count). The molecule has 2 heterocycles. The fourth-order valence-corrected chi connectivity index (χ4v) is 4.73. The molecular formula is C23H24ClN3O3S. The summed E-state index contributed by atoms with van der Waals surface area (Å²) in [6, 6.07) is 13.5. The van der Waals surface area contributed by atoms with Gasteiger partial charge in [0, 0.05) is 37.1 Å². The van der Waals surface area contributed by atoms with E-state index in [1.54, 1.807) is 14.2 Å². The summed E-state index contributed by atoms with van der Waals surface area (Å²) in [6.07, 6.45) is 0.301. The standard InChI is InChI=1S/C23H24ClN3O3S/c1-29-20-8-7-16(13-21(20)30-2)23-25-17(15-31-23)14-22(28)27-11-9-26(10-12-27)19-6-4-3-5-18(19)24/h3-8,13,15H,9-12,14H2,1-2H3. The van der Waals surface area contributed by atoms with E-state index in [1.165, 1.54) is 11.3 Å². The largest absolute Gasteiger partial charge is 0.493 e. The third kappa shape index (κ3) is 4.78. The Bertz CT molecular complexity index is 1060. The van der Waals surface area contributed by atoms with E-state index >= 15 is 0 Å². The van der Waals surface area contributed by atoms with E-state index in [4.69, 9.17) is 21.1 Å².